The van der Waals surface area contributed by atoms with Crippen molar-refractivity contribution >= 4 is 23.4 Å². The summed E-state index contributed by atoms with van der Waals surface area (Å²) in [7, 11) is 0. The molecule has 0 bridgehead atoms. The van der Waals surface area contributed by atoms with Crippen LogP contribution in [0, 0.1) is 5.92 Å². The molecule has 0 spiro atoms. The third kappa shape index (κ3) is 3.58. The zero-order valence-corrected chi connectivity index (χ0v) is 13.7. The molecule has 6 heteroatoms. The monoisotopic (exact) mass is 329 g/mol. The van der Waals surface area contributed by atoms with Crippen LogP contribution < -0.4 is 11.1 Å². The van der Waals surface area contributed by atoms with Crippen molar-refractivity contribution in [1.82, 2.24) is 4.90 Å². The summed E-state index contributed by atoms with van der Waals surface area (Å²) in [5.41, 5.74) is 6.53. The van der Waals surface area contributed by atoms with Crippen LogP contribution in [-0.2, 0) is 20.8 Å². The molecule has 2 fully saturated rings. The summed E-state index contributed by atoms with van der Waals surface area (Å²) in [6.45, 7) is 0.493. The molecule has 0 radical (unpaired) electrons. The fraction of sp³-hybridized carbons (Fsp3) is 0.500. The Labute approximate surface area is 141 Å². The van der Waals surface area contributed by atoms with Gasteiger partial charge in [0, 0.05) is 24.7 Å². The topological polar surface area (TPSA) is 92.5 Å². The minimum atomic E-state index is -0.444. The van der Waals surface area contributed by atoms with E-state index in [1.54, 1.807) is 24.3 Å². The first-order valence-corrected chi connectivity index (χ1v) is 8.51. The van der Waals surface area contributed by atoms with E-state index >= 15 is 0 Å². The molecule has 2 aliphatic rings. The standard InChI is InChI=1S/C18H23N3O3/c19-16(22)9-12-5-1-4-8-15(12)20-18(24)13-10-17(23)21(11-13)14-6-2-3-7-14/h1,4-5,8,13-14H,2-3,6-7,9-11H2,(H2,19,22)(H,20,24). The zero-order chi connectivity index (χ0) is 17.1. The molecule has 1 saturated heterocycles. The maximum Gasteiger partial charge on any atom is 0.229 e. The van der Waals surface area contributed by atoms with Gasteiger partial charge in [0.15, 0.2) is 0 Å². The van der Waals surface area contributed by atoms with E-state index in [1.165, 1.54) is 0 Å². The van der Waals surface area contributed by atoms with Gasteiger partial charge in [0.1, 0.15) is 0 Å². The lowest BCUT2D eigenvalue weighted by molar-refractivity contribution is -0.130. The Morgan fingerprint density at radius 1 is 1.21 bits per heavy atom. The second-order valence-corrected chi connectivity index (χ2v) is 6.67. The Morgan fingerprint density at radius 2 is 1.92 bits per heavy atom. The van der Waals surface area contributed by atoms with Crippen LogP contribution in [0.1, 0.15) is 37.7 Å². The number of primary amides is 1. The van der Waals surface area contributed by atoms with Gasteiger partial charge in [0.2, 0.25) is 17.7 Å². The molecule has 24 heavy (non-hydrogen) atoms. The minimum absolute atomic E-state index is 0.0764. The van der Waals surface area contributed by atoms with Gasteiger partial charge in [-0.25, -0.2) is 0 Å². The summed E-state index contributed by atoms with van der Waals surface area (Å²) in [5, 5.41) is 2.86. The lowest BCUT2D eigenvalue weighted by Crippen LogP contribution is -2.35. The number of para-hydroxylation sites is 1. The summed E-state index contributed by atoms with van der Waals surface area (Å²) >= 11 is 0. The number of benzene rings is 1. The van der Waals surface area contributed by atoms with Crippen LogP contribution >= 0.6 is 0 Å². The fourth-order valence-corrected chi connectivity index (χ4v) is 3.69. The molecule has 1 heterocycles. The molecule has 1 atom stereocenters. The van der Waals surface area contributed by atoms with Crippen molar-refractivity contribution in [1.29, 1.82) is 0 Å². The van der Waals surface area contributed by atoms with Gasteiger partial charge in [-0.3, -0.25) is 14.4 Å². The van der Waals surface area contributed by atoms with E-state index < -0.39 is 5.91 Å². The smallest absolute Gasteiger partial charge is 0.229 e. The van der Waals surface area contributed by atoms with Crippen molar-refractivity contribution in [2.45, 2.75) is 44.6 Å². The van der Waals surface area contributed by atoms with Crippen LogP contribution in [0.2, 0.25) is 0 Å². The molecule has 3 amide bonds. The normalized spacial score (nSPS) is 21.2. The summed E-state index contributed by atoms with van der Waals surface area (Å²) in [6.07, 6.45) is 4.75. The summed E-state index contributed by atoms with van der Waals surface area (Å²) in [6, 6.07) is 7.42. The van der Waals surface area contributed by atoms with Crippen molar-refractivity contribution in [3.63, 3.8) is 0 Å². The Kier molecular flexibility index (Phi) is 4.83. The van der Waals surface area contributed by atoms with Crippen molar-refractivity contribution in [2.24, 2.45) is 11.7 Å². The first kappa shape index (κ1) is 16.5. The molecule has 1 aliphatic carbocycles. The third-order valence-corrected chi connectivity index (χ3v) is 4.93. The molecule has 1 saturated carbocycles. The molecule has 1 unspecified atom stereocenters. The van der Waals surface area contributed by atoms with E-state index in [0.717, 1.165) is 25.7 Å². The van der Waals surface area contributed by atoms with Gasteiger partial charge in [-0.1, -0.05) is 31.0 Å². The van der Waals surface area contributed by atoms with E-state index in [4.69, 9.17) is 5.73 Å². The zero-order valence-electron chi connectivity index (χ0n) is 13.7. The Morgan fingerprint density at radius 3 is 2.62 bits per heavy atom. The van der Waals surface area contributed by atoms with E-state index in [-0.39, 0.29) is 30.6 Å². The molecule has 6 nitrogen and oxygen atoms in total. The maximum absolute atomic E-state index is 12.6. The highest BCUT2D eigenvalue weighted by molar-refractivity contribution is 5.98. The van der Waals surface area contributed by atoms with E-state index in [2.05, 4.69) is 5.32 Å². The van der Waals surface area contributed by atoms with Gasteiger partial charge in [0.25, 0.3) is 0 Å². The van der Waals surface area contributed by atoms with Crippen molar-refractivity contribution in [2.75, 3.05) is 11.9 Å². The van der Waals surface area contributed by atoms with E-state index in [9.17, 15) is 14.4 Å². The van der Waals surface area contributed by atoms with Crippen LogP contribution in [0.25, 0.3) is 0 Å². The number of hydrogen-bond donors (Lipinski definition) is 2. The molecule has 128 valence electrons. The second-order valence-electron chi connectivity index (χ2n) is 6.67. The highest BCUT2D eigenvalue weighted by atomic mass is 16.2. The average Bonchev–Trinajstić information content (AvgIpc) is 3.17. The Hall–Kier alpha value is -2.37. The Balaban J connectivity index is 1.65. The number of amides is 3. The lowest BCUT2D eigenvalue weighted by atomic mass is 10.1. The Bertz CT molecular complexity index is 653. The van der Waals surface area contributed by atoms with Gasteiger partial charge in [-0.2, -0.15) is 0 Å². The van der Waals surface area contributed by atoms with Crippen LogP contribution in [0.4, 0.5) is 5.69 Å². The highest BCUT2D eigenvalue weighted by Gasteiger charge is 2.38. The quantitative estimate of drug-likeness (QED) is 0.856. The van der Waals surface area contributed by atoms with Crippen LogP contribution in [0.15, 0.2) is 24.3 Å². The van der Waals surface area contributed by atoms with Crippen molar-refractivity contribution < 1.29 is 14.4 Å². The van der Waals surface area contributed by atoms with Gasteiger partial charge in [-0.15, -0.1) is 0 Å². The van der Waals surface area contributed by atoms with Crippen LogP contribution in [-0.4, -0.2) is 35.2 Å². The summed E-state index contributed by atoms with van der Waals surface area (Å²) in [4.78, 5) is 37.8. The van der Waals surface area contributed by atoms with E-state index in [1.807, 2.05) is 4.90 Å². The second kappa shape index (κ2) is 7.03. The van der Waals surface area contributed by atoms with Crippen molar-refractivity contribution in [3.8, 4) is 0 Å². The number of nitrogens with one attached hydrogen (secondary N) is 1. The number of carbonyl (C=O) groups is 3. The first-order chi connectivity index (χ1) is 11.5. The van der Waals surface area contributed by atoms with Crippen molar-refractivity contribution in [3.05, 3.63) is 29.8 Å². The number of nitrogens with zero attached hydrogens (tertiary/aromatic N) is 1. The average molecular weight is 329 g/mol. The number of rotatable bonds is 5. The largest absolute Gasteiger partial charge is 0.369 e. The number of carbonyl (C=O) groups excluding carboxylic acids is 3. The number of nitrogens with two attached hydrogens (primary N) is 1. The third-order valence-electron chi connectivity index (χ3n) is 4.93. The van der Waals surface area contributed by atoms with Gasteiger partial charge in [0.05, 0.1) is 12.3 Å². The molecule has 3 N–H and O–H groups in total. The van der Waals surface area contributed by atoms with Gasteiger partial charge >= 0.3 is 0 Å². The molecule has 3 rings (SSSR count). The molecule has 1 aromatic carbocycles. The number of likely N-dealkylation sites (tertiary alicyclic amines) is 1. The number of anilines is 1. The first-order valence-electron chi connectivity index (χ1n) is 8.51. The predicted octanol–water partition coefficient (Wildman–Crippen LogP) is 1.44. The van der Waals surface area contributed by atoms with Crippen LogP contribution in [0.5, 0.6) is 0 Å². The molecular formula is C18H23N3O3. The molecular weight excluding hydrogens is 306 g/mol. The summed E-state index contributed by atoms with van der Waals surface area (Å²) in [5.74, 6) is -0.867. The summed E-state index contributed by atoms with van der Waals surface area (Å²) < 4.78 is 0. The SMILES string of the molecule is NC(=O)Cc1ccccc1NC(=O)C1CC(=O)N(C2CCCC2)C1. The van der Waals surface area contributed by atoms with Crippen LogP contribution in [0.3, 0.4) is 0 Å². The maximum atomic E-state index is 12.6. The molecule has 1 aliphatic heterocycles. The molecule has 1 aromatic rings. The van der Waals surface area contributed by atoms with Gasteiger partial charge < -0.3 is 16.0 Å². The minimum Gasteiger partial charge on any atom is -0.369 e. The predicted molar refractivity (Wildman–Crippen MR) is 90.0 cm³/mol. The highest BCUT2D eigenvalue weighted by Crippen LogP contribution is 2.30. The number of hydrogen-bond acceptors (Lipinski definition) is 3. The lowest BCUT2D eigenvalue weighted by Gasteiger charge is -2.24. The fourth-order valence-electron chi connectivity index (χ4n) is 3.69. The molecule has 0 aromatic heterocycles. The van der Waals surface area contributed by atoms with E-state index in [0.29, 0.717) is 23.8 Å². The van der Waals surface area contributed by atoms with Gasteiger partial charge in [-0.05, 0) is 24.5 Å².